The van der Waals surface area contributed by atoms with Crippen LogP contribution in [0.15, 0.2) is 48.5 Å². The van der Waals surface area contributed by atoms with Gasteiger partial charge in [-0.05, 0) is 30.3 Å². The van der Waals surface area contributed by atoms with E-state index < -0.39 is 11.7 Å². The van der Waals surface area contributed by atoms with Gasteiger partial charge in [-0.3, -0.25) is 4.79 Å². The largest absolute Gasteiger partial charge is 0.507 e. The SMILES string of the molecule is CN(C(=O)c1cc(F)ccc1O)c1ccccc1. The quantitative estimate of drug-likeness (QED) is 0.883. The van der Waals surface area contributed by atoms with Gasteiger partial charge in [0.2, 0.25) is 0 Å². The van der Waals surface area contributed by atoms with Gasteiger partial charge in [0.25, 0.3) is 5.91 Å². The van der Waals surface area contributed by atoms with Crippen molar-refractivity contribution in [2.75, 3.05) is 11.9 Å². The van der Waals surface area contributed by atoms with Crippen LogP contribution in [0.1, 0.15) is 10.4 Å². The van der Waals surface area contributed by atoms with Crippen LogP contribution in [0.2, 0.25) is 0 Å². The molecule has 0 bridgehead atoms. The molecule has 18 heavy (non-hydrogen) atoms. The number of hydrogen-bond donors (Lipinski definition) is 1. The molecular weight excluding hydrogens is 233 g/mol. The highest BCUT2D eigenvalue weighted by molar-refractivity contribution is 6.07. The summed E-state index contributed by atoms with van der Waals surface area (Å²) in [6.07, 6.45) is 0. The van der Waals surface area contributed by atoms with Crippen molar-refractivity contribution in [3.8, 4) is 5.75 Å². The topological polar surface area (TPSA) is 40.5 Å². The molecule has 0 aromatic heterocycles. The van der Waals surface area contributed by atoms with E-state index in [9.17, 15) is 14.3 Å². The summed E-state index contributed by atoms with van der Waals surface area (Å²) >= 11 is 0. The lowest BCUT2D eigenvalue weighted by molar-refractivity contribution is 0.0990. The maximum Gasteiger partial charge on any atom is 0.261 e. The third-order valence-electron chi connectivity index (χ3n) is 2.64. The Morgan fingerprint density at radius 1 is 1.17 bits per heavy atom. The molecule has 1 N–H and O–H groups in total. The Labute approximate surface area is 104 Å². The van der Waals surface area contributed by atoms with Crippen LogP contribution in [-0.2, 0) is 0 Å². The van der Waals surface area contributed by atoms with E-state index in [0.717, 1.165) is 12.1 Å². The molecule has 0 fully saturated rings. The van der Waals surface area contributed by atoms with Crippen molar-refractivity contribution in [2.45, 2.75) is 0 Å². The van der Waals surface area contributed by atoms with Crippen LogP contribution in [-0.4, -0.2) is 18.1 Å². The first-order valence-electron chi connectivity index (χ1n) is 5.41. The summed E-state index contributed by atoms with van der Waals surface area (Å²) in [5.74, 6) is -1.25. The van der Waals surface area contributed by atoms with E-state index in [1.165, 1.54) is 11.0 Å². The Bertz CT molecular complexity index is 569. The van der Waals surface area contributed by atoms with Gasteiger partial charge in [-0.1, -0.05) is 18.2 Å². The summed E-state index contributed by atoms with van der Waals surface area (Å²) < 4.78 is 13.1. The molecule has 0 saturated heterocycles. The minimum Gasteiger partial charge on any atom is -0.507 e. The first-order chi connectivity index (χ1) is 8.59. The first kappa shape index (κ1) is 12.1. The van der Waals surface area contributed by atoms with Crippen molar-refractivity contribution in [3.63, 3.8) is 0 Å². The summed E-state index contributed by atoms with van der Waals surface area (Å²) in [5, 5.41) is 9.59. The van der Waals surface area contributed by atoms with Crippen molar-refractivity contribution in [1.29, 1.82) is 0 Å². The van der Waals surface area contributed by atoms with E-state index in [1.54, 1.807) is 31.3 Å². The lowest BCUT2D eigenvalue weighted by atomic mass is 10.1. The molecule has 0 saturated carbocycles. The second-order valence-corrected chi connectivity index (χ2v) is 3.86. The van der Waals surface area contributed by atoms with E-state index in [0.29, 0.717) is 5.69 Å². The Kier molecular flexibility index (Phi) is 3.28. The Morgan fingerprint density at radius 3 is 2.50 bits per heavy atom. The van der Waals surface area contributed by atoms with Crippen molar-refractivity contribution in [1.82, 2.24) is 0 Å². The predicted octanol–water partition coefficient (Wildman–Crippen LogP) is 2.81. The molecule has 0 aliphatic carbocycles. The number of benzene rings is 2. The van der Waals surface area contributed by atoms with Gasteiger partial charge in [-0.25, -0.2) is 4.39 Å². The summed E-state index contributed by atoms with van der Waals surface area (Å²) in [6, 6.07) is 12.2. The second-order valence-electron chi connectivity index (χ2n) is 3.86. The molecule has 92 valence electrons. The zero-order chi connectivity index (χ0) is 13.1. The highest BCUT2D eigenvalue weighted by Crippen LogP contribution is 2.22. The molecule has 0 atom stereocenters. The molecule has 2 aromatic rings. The van der Waals surface area contributed by atoms with Gasteiger partial charge in [0, 0.05) is 12.7 Å². The summed E-state index contributed by atoms with van der Waals surface area (Å²) in [7, 11) is 1.57. The average molecular weight is 245 g/mol. The number of phenolic OH excluding ortho intramolecular Hbond substituents is 1. The molecule has 4 heteroatoms. The van der Waals surface area contributed by atoms with Crippen LogP contribution in [0.25, 0.3) is 0 Å². The van der Waals surface area contributed by atoms with Crippen LogP contribution in [0.3, 0.4) is 0 Å². The number of para-hydroxylation sites is 1. The lowest BCUT2D eigenvalue weighted by Gasteiger charge is -2.17. The predicted molar refractivity (Wildman–Crippen MR) is 67.2 cm³/mol. The van der Waals surface area contributed by atoms with Gasteiger partial charge in [-0.2, -0.15) is 0 Å². The monoisotopic (exact) mass is 245 g/mol. The first-order valence-corrected chi connectivity index (χ1v) is 5.41. The maximum atomic E-state index is 13.1. The zero-order valence-electron chi connectivity index (χ0n) is 9.80. The number of rotatable bonds is 2. The van der Waals surface area contributed by atoms with Crippen molar-refractivity contribution in [3.05, 3.63) is 59.9 Å². The van der Waals surface area contributed by atoms with Crippen molar-refractivity contribution < 1.29 is 14.3 Å². The van der Waals surface area contributed by atoms with Crippen LogP contribution < -0.4 is 4.90 Å². The number of hydrogen-bond acceptors (Lipinski definition) is 2. The van der Waals surface area contributed by atoms with Crippen molar-refractivity contribution >= 4 is 11.6 Å². The van der Waals surface area contributed by atoms with Gasteiger partial charge in [0.05, 0.1) is 5.56 Å². The standard InChI is InChI=1S/C14H12FNO2/c1-16(11-5-3-2-4-6-11)14(18)12-9-10(15)7-8-13(12)17/h2-9,17H,1H3. The molecule has 3 nitrogen and oxygen atoms in total. The van der Waals surface area contributed by atoms with Crippen molar-refractivity contribution in [2.24, 2.45) is 0 Å². The number of carbonyl (C=O) groups excluding carboxylic acids is 1. The Morgan fingerprint density at radius 2 is 1.83 bits per heavy atom. The van der Waals surface area contributed by atoms with E-state index in [4.69, 9.17) is 0 Å². The normalized spacial score (nSPS) is 10.1. The fourth-order valence-electron chi connectivity index (χ4n) is 1.63. The minimum absolute atomic E-state index is 0.0543. The molecule has 0 heterocycles. The molecule has 0 spiro atoms. The Balaban J connectivity index is 2.34. The molecular formula is C14H12FNO2. The fourth-order valence-corrected chi connectivity index (χ4v) is 1.63. The lowest BCUT2D eigenvalue weighted by Crippen LogP contribution is -2.26. The van der Waals surface area contributed by atoms with Gasteiger partial charge >= 0.3 is 0 Å². The fraction of sp³-hybridized carbons (Fsp3) is 0.0714. The number of nitrogens with zero attached hydrogens (tertiary/aromatic N) is 1. The number of carbonyl (C=O) groups is 1. The van der Waals surface area contributed by atoms with Crippen LogP contribution in [0.5, 0.6) is 5.75 Å². The molecule has 2 rings (SSSR count). The number of phenols is 1. The molecule has 0 radical (unpaired) electrons. The van der Waals surface area contributed by atoms with Crippen LogP contribution in [0, 0.1) is 5.82 Å². The second kappa shape index (κ2) is 4.87. The summed E-state index contributed by atoms with van der Waals surface area (Å²) in [5.41, 5.74) is 0.618. The third kappa shape index (κ3) is 2.32. The third-order valence-corrected chi connectivity index (χ3v) is 2.64. The van der Waals surface area contributed by atoms with Crippen LogP contribution >= 0.6 is 0 Å². The molecule has 1 amide bonds. The van der Waals surface area contributed by atoms with E-state index in [-0.39, 0.29) is 11.3 Å². The molecule has 0 unspecified atom stereocenters. The zero-order valence-corrected chi connectivity index (χ0v) is 9.80. The maximum absolute atomic E-state index is 13.1. The van der Waals surface area contributed by atoms with Gasteiger partial charge in [0.1, 0.15) is 11.6 Å². The molecule has 2 aromatic carbocycles. The average Bonchev–Trinajstić information content (AvgIpc) is 2.41. The highest BCUT2D eigenvalue weighted by atomic mass is 19.1. The van der Waals surface area contributed by atoms with Gasteiger partial charge in [-0.15, -0.1) is 0 Å². The van der Waals surface area contributed by atoms with E-state index >= 15 is 0 Å². The van der Waals surface area contributed by atoms with E-state index in [2.05, 4.69) is 0 Å². The summed E-state index contributed by atoms with van der Waals surface area (Å²) in [6.45, 7) is 0. The van der Waals surface area contributed by atoms with Gasteiger partial charge in [0.15, 0.2) is 0 Å². The Hall–Kier alpha value is -2.36. The number of aromatic hydroxyl groups is 1. The number of halogens is 1. The number of amides is 1. The minimum atomic E-state index is -0.558. The molecule has 0 aliphatic heterocycles. The van der Waals surface area contributed by atoms with Crippen LogP contribution in [0.4, 0.5) is 10.1 Å². The van der Waals surface area contributed by atoms with Gasteiger partial charge < -0.3 is 10.0 Å². The highest BCUT2D eigenvalue weighted by Gasteiger charge is 2.17. The van der Waals surface area contributed by atoms with E-state index in [1.807, 2.05) is 6.07 Å². The summed E-state index contributed by atoms with van der Waals surface area (Å²) in [4.78, 5) is 13.5. The smallest absolute Gasteiger partial charge is 0.261 e. The molecule has 0 aliphatic rings. The number of anilines is 1.